The zero-order valence-electron chi connectivity index (χ0n) is 11.1. The van der Waals surface area contributed by atoms with E-state index in [1.165, 1.54) is 0 Å². The average molecular weight is 309 g/mol. The Labute approximate surface area is 127 Å². The third kappa shape index (κ3) is 2.30. The van der Waals surface area contributed by atoms with Crippen molar-refractivity contribution in [1.29, 1.82) is 0 Å². The third-order valence-corrected chi connectivity index (χ3v) is 4.42. The number of hydrogen-bond acceptors (Lipinski definition) is 3. The molecule has 0 fully saturated rings. The van der Waals surface area contributed by atoms with E-state index >= 15 is 0 Å². The largest absolute Gasteiger partial charge is 0.373 e. The van der Waals surface area contributed by atoms with Crippen molar-refractivity contribution in [3.8, 4) is 0 Å². The van der Waals surface area contributed by atoms with Gasteiger partial charge in [-0.3, -0.25) is 0 Å². The minimum atomic E-state index is -0.366. The highest BCUT2D eigenvalue weighted by Crippen LogP contribution is 2.40. The summed E-state index contributed by atoms with van der Waals surface area (Å²) in [4.78, 5) is 8.33. The molecule has 0 saturated heterocycles. The summed E-state index contributed by atoms with van der Waals surface area (Å²) < 4.78 is 5.86. The Morgan fingerprint density at radius 3 is 2.60 bits per heavy atom. The second kappa shape index (κ2) is 5.32. The normalized spacial score (nSPS) is 21.6. The predicted molar refractivity (Wildman–Crippen MR) is 79.2 cm³/mol. The molecular weight excluding hydrogens is 295 g/mol. The van der Waals surface area contributed by atoms with Crippen molar-refractivity contribution in [3.05, 3.63) is 57.6 Å². The van der Waals surface area contributed by atoms with Crippen molar-refractivity contribution < 1.29 is 4.74 Å². The van der Waals surface area contributed by atoms with Crippen molar-refractivity contribution in [3.63, 3.8) is 0 Å². The maximum atomic E-state index is 6.23. The van der Waals surface area contributed by atoms with Crippen LogP contribution in [0.15, 0.2) is 30.3 Å². The lowest BCUT2D eigenvalue weighted by molar-refractivity contribution is -0.0270. The molecule has 0 radical (unpaired) electrons. The number of rotatable bonds is 2. The predicted octanol–water partition coefficient (Wildman–Crippen LogP) is 3.81. The van der Waals surface area contributed by atoms with Crippen LogP contribution in [0.3, 0.4) is 0 Å². The fraction of sp³-hybridized carbons (Fsp3) is 0.333. The smallest absolute Gasteiger partial charge is 0.224 e. The fourth-order valence-electron chi connectivity index (χ4n) is 2.83. The molecule has 0 N–H and O–H groups in total. The van der Waals surface area contributed by atoms with E-state index in [4.69, 9.17) is 27.9 Å². The van der Waals surface area contributed by atoms with Crippen molar-refractivity contribution in [2.75, 3.05) is 7.11 Å². The first-order valence-electron chi connectivity index (χ1n) is 6.46. The van der Waals surface area contributed by atoms with Gasteiger partial charge in [0.1, 0.15) is 5.15 Å². The summed E-state index contributed by atoms with van der Waals surface area (Å²) in [5.74, 6) is 0. The van der Waals surface area contributed by atoms with Gasteiger partial charge in [-0.25, -0.2) is 9.97 Å². The second-order valence-electron chi connectivity index (χ2n) is 4.95. The van der Waals surface area contributed by atoms with E-state index in [9.17, 15) is 0 Å². The molecule has 1 aliphatic rings. The Balaban J connectivity index is 2.06. The molecular formula is C15H14Cl2N2O. The number of fused-ring (bicyclic) bond motifs is 1. The first-order valence-corrected chi connectivity index (χ1v) is 7.22. The number of benzene rings is 1. The molecule has 104 valence electrons. The van der Waals surface area contributed by atoms with Crippen LogP contribution < -0.4 is 0 Å². The van der Waals surface area contributed by atoms with Gasteiger partial charge in [-0.2, -0.15) is 0 Å². The zero-order valence-corrected chi connectivity index (χ0v) is 12.6. The van der Waals surface area contributed by atoms with Crippen LogP contribution >= 0.6 is 23.2 Å². The average Bonchev–Trinajstić information content (AvgIpc) is 2.48. The Hall–Kier alpha value is -1.16. The van der Waals surface area contributed by atoms with Gasteiger partial charge in [-0.05, 0) is 30.0 Å². The lowest BCUT2D eigenvalue weighted by atomic mass is 9.78. The maximum Gasteiger partial charge on any atom is 0.224 e. The Morgan fingerprint density at radius 2 is 1.90 bits per heavy atom. The molecule has 1 atom stereocenters. The van der Waals surface area contributed by atoms with E-state index in [-0.39, 0.29) is 10.9 Å². The molecule has 1 aliphatic carbocycles. The van der Waals surface area contributed by atoms with Gasteiger partial charge in [-0.1, -0.05) is 41.9 Å². The van der Waals surface area contributed by atoms with E-state index in [0.717, 1.165) is 29.7 Å². The lowest BCUT2D eigenvalue weighted by Gasteiger charge is -2.37. The molecule has 0 bridgehead atoms. The number of methoxy groups -OCH3 is 1. The van der Waals surface area contributed by atoms with Gasteiger partial charge in [0, 0.05) is 19.1 Å². The van der Waals surface area contributed by atoms with E-state index in [1.54, 1.807) is 7.11 Å². The summed E-state index contributed by atoms with van der Waals surface area (Å²) in [6.45, 7) is 0. The van der Waals surface area contributed by atoms with Crippen molar-refractivity contribution in [1.82, 2.24) is 9.97 Å². The first-order chi connectivity index (χ1) is 9.64. The summed E-state index contributed by atoms with van der Waals surface area (Å²) in [5, 5.41) is 0.635. The standard InChI is InChI=1S/C15H14Cl2N2O/c1-20-15(10-5-3-2-4-6-10)8-7-12-11(9-15)13(16)19-14(17)18-12/h2-6H,7-9H2,1H3/t15-/m0/s1. The Morgan fingerprint density at radius 1 is 1.15 bits per heavy atom. The van der Waals surface area contributed by atoms with Crippen LogP contribution in [-0.4, -0.2) is 17.1 Å². The number of nitrogens with zero attached hydrogens (tertiary/aromatic N) is 2. The molecule has 0 spiro atoms. The molecule has 1 heterocycles. The zero-order chi connectivity index (χ0) is 14.2. The molecule has 20 heavy (non-hydrogen) atoms. The van der Waals surface area contributed by atoms with Crippen LogP contribution in [0, 0.1) is 0 Å². The topological polar surface area (TPSA) is 35.0 Å². The summed E-state index contributed by atoms with van der Waals surface area (Å²) >= 11 is 12.1. The van der Waals surface area contributed by atoms with Crippen LogP contribution in [0.5, 0.6) is 0 Å². The summed E-state index contributed by atoms with van der Waals surface area (Å²) in [6.07, 6.45) is 2.29. The van der Waals surface area contributed by atoms with Gasteiger partial charge in [0.15, 0.2) is 0 Å². The Kier molecular flexibility index (Phi) is 3.67. The van der Waals surface area contributed by atoms with Gasteiger partial charge in [-0.15, -0.1) is 0 Å². The van der Waals surface area contributed by atoms with Crippen LogP contribution in [0.2, 0.25) is 10.4 Å². The monoisotopic (exact) mass is 308 g/mol. The van der Waals surface area contributed by atoms with Gasteiger partial charge in [0.25, 0.3) is 0 Å². The molecule has 2 aromatic rings. The van der Waals surface area contributed by atoms with E-state index in [2.05, 4.69) is 22.1 Å². The molecule has 0 aliphatic heterocycles. The van der Waals surface area contributed by atoms with Gasteiger partial charge >= 0.3 is 0 Å². The number of ether oxygens (including phenoxy) is 1. The first kappa shape index (κ1) is 13.8. The minimum Gasteiger partial charge on any atom is -0.373 e. The molecule has 1 aromatic carbocycles. The van der Waals surface area contributed by atoms with Crippen molar-refractivity contribution in [2.45, 2.75) is 24.9 Å². The van der Waals surface area contributed by atoms with Gasteiger partial charge < -0.3 is 4.74 Å². The number of aromatic nitrogens is 2. The summed E-state index contributed by atoms with van der Waals surface area (Å²) in [6, 6.07) is 10.2. The van der Waals surface area contributed by atoms with Gasteiger partial charge in [0.05, 0.1) is 11.3 Å². The number of hydrogen-bond donors (Lipinski definition) is 0. The number of halogens is 2. The number of aryl methyl sites for hydroxylation is 1. The van der Waals surface area contributed by atoms with E-state index < -0.39 is 0 Å². The van der Waals surface area contributed by atoms with E-state index in [0.29, 0.717) is 11.6 Å². The SMILES string of the molecule is CO[C@@]1(c2ccccc2)CCc2nc(Cl)nc(Cl)c2C1. The van der Waals surface area contributed by atoms with Crippen molar-refractivity contribution in [2.24, 2.45) is 0 Å². The quantitative estimate of drug-likeness (QED) is 0.625. The van der Waals surface area contributed by atoms with Crippen LogP contribution in [-0.2, 0) is 23.2 Å². The molecule has 3 rings (SSSR count). The van der Waals surface area contributed by atoms with Crippen LogP contribution in [0.4, 0.5) is 0 Å². The molecule has 0 unspecified atom stereocenters. The summed E-state index contributed by atoms with van der Waals surface area (Å²) in [5.41, 5.74) is 2.65. The summed E-state index contributed by atoms with van der Waals surface area (Å²) in [7, 11) is 1.74. The molecule has 0 saturated carbocycles. The highest BCUT2D eigenvalue weighted by molar-refractivity contribution is 6.32. The molecule has 1 aromatic heterocycles. The highest BCUT2D eigenvalue weighted by Gasteiger charge is 2.38. The third-order valence-electron chi connectivity index (χ3n) is 3.93. The second-order valence-corrected chi connectivity index (χ2v) is 5.65. The maximum absolute atomic E-state index is 6.23. The van der Waals surface area contributed by atoms with Gasteiger partial charge in [0.2, 0.25) is 5.28 Å². The van der Waals surface area contributed by atoms with Crippen LogP contribution in [0.25, 0.3) is 0 Å². The molecule has 0 amide bonds. The fourth-order valence-corrected chi connectivity index (χ4v) is 3.31. The lowest BCUT2D eigenvalue weighted by Crippen LogP contribution is -2.36. The highest BCUT2D eigenvalue weighted by atomic mass is 35.5. The molecule has 5 heteroatoms. The minimum absolute atomic E-state index is 0.207. The van der Waals surface area contributed by atoms with Crippen LogP contribution in [0.1, 0.15) is 23.2 Å². The molecule has 3 nitrogen and oxygen atoms in total. The van der Waals surface area contributed by atoms with Crippen molar-refractivity contribution >= 4 is 23.2 Å². The Bertz CT molecular complexity index is 633. The van der Waals surface area contributed by atoms with E-state index in [1.807, 2.05) is 18.2 Å².